The fourth-order valence-corrected chi connectivity index (χ4v) is 8.30. The van der Waals surface area contributed by atoms with Gasteiger partial charge in [-0.25, -0.2) is 4.79 Å². The lowest BCUT2D eigenvalue weighted by molar-refractivity contribution is -0.135. The molecule has 2 nitrogen and oxygen atoms in total. The normalized spacial score (nSPS) is 11.5. The van der Waals surface area contributed by atoms with Crippen molar-refractivity contribution in [2.24, 2.45) is 0 Å². The molecule has 0 bridgehead atoms. The Balaban J connectivity index is 1.93. The molecule has 0 atom stereocenters. The van der Waals surface area contributed by atoms with Gasteiger partial charge in [-0.1, -0.05) is 121 Å². The molecule has 0 aliphatic rings. The lowest BCUT2D eigenvalue weighted by Gasteiger charge is -2.23. The van der Waals surface area contributed by atoms with Crippen LogP contribution >= 0.6 is 15.8 Å². The van der Waals surface area contributed by atoms with Gasteiger partial charge in [-0.15, -0.1) is 0 Å². The summed E-state index contributed by atoms with van der Waals surface area (Å²) in [6, 6.07) is 41.3. The van der Waals surface area contributed by atoms with E-state index in [0.717, 1.165) is 15.9 Å². The van der Waals surface area contributed by atoms with Gasteiger partial charge in [0.05, 0.1) is 12.4 Å². The third kappa shape index (κ3) is 5.22. The summed E-state index contributed by atoms with van der Waals surface area (Å²) in [5.41, 5.74) is 0. The van der Waals surface area contributed by atoms with Crippen molar-refractivity contribution >= 4 is 43.0 Å². The van der Waals surface area contributed by atoms with Gasteiger partial charge in [0.15, 0.2) is 0 Å². The summed E-state index contributed by atoms with van der Waals surface area (Å²) in [7, 11) is -0.493. The highest BCUT2D eigenvalue weighted by molar-refractivity contribution is 7.80. The molecule has 158 valence electrons. The number of benzene rings is 4. The van der Waals surface area contributed by atoms with Crippen LogP contribution in [0.3, 0.4) is 0 Å². The summed E-state index contributed by atoms with van der Waals surface area (Å²) in [4.78, 5) is 13.2. The molecule has 4 heteroatoms. The second-order valence-electron chi connectivity index (χ2n) is 7.05. The molecule has 32 heavy (non-hydrogen) atoms. The molecule has 0 heterocycles. The average Bonchev–Trinajstić information content (AvgIpc) is 2.88. The van der Waals surface area contributed by atoms with E-state index in [4.69, 9.17) is 4.74 Å². The number of hydrogen-bond donors (Lipinski definition) is 0. The Kier molecular flexibility index (Phi) is 7.62. The predicted molar refractivity (Wildman–Crippen MR) is 138 cm³/mol. The molecule has 0 aliphatic carbocycles. The average molecular weight is 454 g/mol. The maximum absolute atomic E-state index is 13.2. The number of rotatable bonds is 7. The van der Waals surface area contributed by atoms with E-state index >= 15 is 0 Å². The van der Waals surface area contributed by atoms with Gasteiger partial charge in [-0.3, -0.25) is 0 Å². The van der Waals surface area contributed by atoms with Crippen LogP contribution in [0.4, 0.5) is 0 Å². The van der Waals surface area contributed by atoms with Crippen LogP contribution in [0.2, 0.25) is 0 Å². The van der Waals surface area contributed by atoms with E-state index in [1.165, 1.54) is 17.7 Å². The molecular weight excluding hydrogens is 430 g/mol. The first-order chi connectivity index (χ1) is 15.8. The van der Waals surface area contributed by atoms with Crippen molar-refractivity contribution in [3.63, 3.8) is 0 Å². The van der Waals surface area contributed by atoms with Crippen LogP contribution in [0, 0.1) is 0 Å². The highest BCUT2D eigenvalue weighted by atomic mass is 31.1. The third-order valence-corrected chi connectivity index (χ3v) is 9.84. The summed E-state index contributed by atoms with van der Waals surface area (Å²) in [6.45, 7) is 0. The fourth-order valence-electron chi connectivity index (χ4n) is 3.49. The van der Waals surface area contributed by atoms with Crippen LogP contribution in [-0.4, -0.2) is 13.1 Å². The lowest BCUT2D eigenvalue weighted by Crippen LogP contribution is -2.19. The Morgan fingerprint density at radius 1 is 0.594 bits per heavy atom. The van der Waals surface area contributed by atoms with Gasteiger partial charge < -0.3 is 4.74 Å². The van der Waals surface area contributed by atoms with Crippen LogP contribution in [0.5, 0.6) is 0 Å². The fraction of sp³-hybridized carbons (Fsp3) is 0.0357. The smallest absolute Gasteiger partial charge is 0.339 e. The maximum Gasteiger partial charge on any atom is 0.339 e. The van der Waals surface area contributed by atoms with Crippen molar-refractivity contribution < 1.29 is 9.53 Å². The molecule has 4 rings (SSSR count). The second kappa shape index (κ2) is 11.0. The van der Waals surface area contributed by atoms with E-state index in [9.17, 15) is 4.79 Å². The number of methoxy groups -OCH3 is 1. The molecule has 0 aromatic heterocycles. The first kappa shape index (κ1) is 22.2. The summed E-state index contributed by atoms with van der Waals surface area (Å²) in [5, 5.41) is 5.37. The standard InChI is InChI=1S/C28H24O2P2/c1-30-28(29)27(32(25-18-10-4-11-19-25)26-20-12-5-13-21-26)22-31(23-14-6-2-7-15-23)24-16-8-3-9-17-24/h2-22H,1H3. The van der Waals surface area contributed by atoms with Crippen molar-refractivity contribution in [1.82, 2.24) is 0 Å². The third-order valence-electron chi connectivity index (χ3n) is 4.98. The quantitative estimate of drug-likeness (QED) is 0.216. The molecule has 0 aliphatic heterocycles. The second-order valence-corrected chi connectivity index (χ2v) is 11.3. The van der Waals surface area contributed by atoms with E-state index in [-0.39, 0.29) is 5.97 Å². The Hall–Kier alpha value is -3.05. The molecule has 0 saturated carbocycles. The van der Waals surface area contributed by atoms with Crippen LogP contribution in [0.25, 0.3) is 0 Å². The Morgan fingerprint density at radius 2 is 0.938 bits per heavy atom. The van der Waals surface area contributed by atoms with Crippen molar-refractivity contribution in [2.75, 3.05) is 7.11 Å². The van der Waals surface area contributed by atoms with Crippen molar-refractivity contribution in [1.29, 1.82) is 0 Å². The van der Waals surface area contributed by atoms with E-state index in [1.807, 2.05) is 48.5 Å². The highest BCUT2D eigenvalue weighted by Gasteiger charge is 2.27. The van der Waals surface area contributed by atoms with E-state index in [0.29, 0.717) is 0 Å². The zero-order valence-corrected chi connectivity index (χ0v) is 19.6. The molecule has 0 spiro atoms. The number of ether oxygens (including phenoxy) is 1. The van der Waals surface area contributed by atoms with E-state index in [1.54, 1.807) is 0 Å². The monoisotopic (exact) mass is 454 g/mol. The summed E-state index contributed by atoms with van der Waals surface area (Å²) < 4.78 is 5.33. The predicted octanol–water partition coefficient (Wildman–Crippen LogP) is 5.27. The maximum atomic E-state index is 13.2. The molecule has 0 amide bonds. The molecule has 0 unspecified atom stereocenters. The van der Waals surface area contributed by atoms with E-state index < -0.39 is 15.8 Å². The summed E-state index contributed by atoms with van der Waals surface area (Å²) in [5.74, 6) is 1.89. The van der Waals surface area contributed by atoms with Gasteiger partial charge in [-0.05, 0) is 42.9 Å². The number of hydrogen-bond acceptors (Lipinski definition) is 2. The Bertz CT molecular complexity index is 1080. The summed E-state index contributed by atoms with van der Waals surface area (Å²) in [6.07, 6.45) is 0. The van der Waals surface area contributed by atoms with Crippen LogP contribution < -0.4 is 21.2 Å². The largest absolute Gasteiger partial charge is 0.465 e. The first-order valence-electron chi connectivity index (χ1n) is 10.4. The molecular formula is C28H24O2P2. The number of carbonyl (C=O) groups excluding carboxylic acids is 1. The Labute approximate surface area is 192 Å². The van der Waals surface area contributed by atoms with Crippen molar-refractivity contribution in [2.45, 2.75) is 0 Å². The van der Waals surface area contributed by atoms with Crippen LogP contribution in [0.15, 0.2) is 132 Å². The minimum atomic E-state index is -1.07. The molecule has 0 fully saturated rings. The van der Waals surface area contributed by atoms with Gasteiger partial charge in [0.25, 0.3) is 0 Å². The molecule has 0 radical (unpaired) electrons. The van der Waals surface area contributed by atoms with Gasteiger partial charge in [0.1, 0.15) is 0 Å². The van der Waals surface area contributed by atoms with Gasteiger partial charge in [0, 0.05) is 0 Å². The first-order valence-corrected chi connectivity index (χ1v) is 13.1. The highest BCUT2D eigenvalue weighted by Crippen LogP contribution is 2.48. The van der Waals surface area contributed by atoms with Crippen molar-refractivity contribution in [3.05, 3.63) is 132 Å². The van der Waals surface area contributed by atoms with Gasteiger partial charge in [0.2, 0.25) is 0 Å². The zero-order chi connectivity index (χ0) is 22.2. The SMILES string of the molecule is COC(=O)C(=CP(c1ccccc1)c1ccccc1)P(c1ccccc1)c1ccccc1. The van der Waals surface area contributed by atoms with Gasteiger partial charge in [-0.2, -0.15) is 0 Å². The minimum absolute atomic E-state index is 0.275. The van der Waals surface area contributed by atoms with Crippen LogP contribution in [-0.2, 0) is 9.53 Å². The number of carbonyl (C=O) groups is 1. The molecule has 0 saturated heterocycles. The van der Waals surface area contributed by atoms with Gasteiger partial charge >= 0.3 is 5.97 Å². The molecule has 4 aromatic rings. The molecule has 4 aromatic carbocycles. The summed E-state index contributed by atoms with van der Waals surface area (Å²) >= 11 is 0. The lowest BCUT2D eigenvalue weighted by atomic mass is 10.4. The Morgan fingerprint density at radius 3 is 1.28 bits per heavy atom. The zero-order valence-electron chi connectivity index (χ0n) is 17.8. The van der Waals surface area contributed by atoms with E-state index in [2.05, 4.69) is 78.6 Å². The van der Waals surface area contributed by atoms with Crippen LogP contribution in [0.1, 0.15) is 0 Å². The minimum Gasteiger partial charge on any atom is -0.465 e. The molecule has 0 N–H and O–H groups in total. The van der Waals surface area contributed by atoms with Crippen molar-refractivity contribution in [3.8, 4) is 0 Å². The topological polar surface area (TPSA) is 26.3 Å². The number of esters is 1.